The van der Waals surface area contributed by atoms with Crippen molar-refractivity contribution in [2.45, 2.75) is 19.1 Å². The lowest BCUT2D eigenvalue weighted by molar-refractivity contribution is -0.133. The van der Waals surface area contributed by atoms with E-state index in [1.807, 2.05) is 36.4 Å². The Hall–Kier alpha value is -2.43. The van der Waals surface area contributed by atoms with Gasteiger partial charge in [-0.3, -0.25) is 4.79 Å². The van der Waals surface area contributed by atoms with Crippen molar-refractivity contribution in [3.05, 3.63) is 72.3 Å². The van der Waals surface area contributed by atoms with Crippen molar-refractivity contribution >= 4 is 5.91 Å². The summed E-state index contributed by atoms with van der Waals surface area (Å²) in [5.74, 6) is -0.0527. The SMILES string of the molecule is C=CC(=O)N1CCO[C@H](c2ccc(-c3ccc(C(C)O)cc3)cc2)C1. The van der Waals surface area contributed by atoms with Crippen LogP contribution in [0.4, 0.5) is 0 Å². The van der Waals surface area contributed by atoms with Crippen LogP contribution >= 0.6 is 0 Å². The molecule has 0 aliphatic carbocycles. The Balaban J connectivity index is 1.73. The van der Waals surface area contributed by atoms with Gasteiger partial charge in [-0.25, -0.2) is 0 Å². The zero-order valence-corrected chi connectivity index (χ0v) is 14.4. The van der Waals surface area contributed by atoms with Crippen LogP contribution in [-0.4, -0.2) is 35.6 Å². The molecule has 130 valence electrons. The fourth-order valence-corrected chi connectivity index (χ4v) is 3.02. The first-order chi connectivity index (χ1) is 12.1. The quantitative estimate of drug-likeness (QED) is 0.869. The van der Waals surface area contributed by atoms with E-state index in [1.165, 1.54) is 6.08 Å². The number of morpholine rings is 1. The van der Waals surface area contributed by atoms with Crippen LogP contribution in [0.15, 0.2) is 61.2 Å². The van der Waals surface area contributed by atoms with Crippen molar-refractivity contribution in [2.24, 2.45) is 0 Å². The maximum Gasteiger partial charge on any atom is 0.246 e. The number of benzene rings is 2. The molecule has 0 bridgehead atoms. The molecule has 1 aliphatic rings. The Morgan fingerprint density at radius 3 is 2.36 bits per heavy atom. The smallest absolute Gasteiger partial charge is 0.246 e. The first-order valence-electron chi connectivity index (χ1n) is 8.50. The first kappa shape index (κ1) is 17.4. The van der Waals surface area contributed by atoms with Gasteiger partial charge in [0.15, 0.2) is 0 Å². The number of aliphatic hydroxyl groups is 1. The molecule has 2 aromatic rings. The molecule has 3 rings (SSSR count). The molecule has 0 saturated carbocycles. The molecule has 1 fully saturated rings. The van der Waals surface area contributed by atoms with Crippen LogP contribution in [0.3, 0.4) is 0 Å². The van der Waals surface area contributed by atoms with Crippen molar-refractivity contribution in [3.63, 3.8) is 0 Å². The summed E-state index contributed by atoms with van der Waals surface area (Å²) < 4.78 is 5.82. The standard InChI is InChI=1S/C21H23NO3/c1-3-21(24)22-12-13-25-20(14-22)19-10-8-18(9-11-19)17-6-4-16(5-7-17)15(2)23/h3-11,15,20,23H,1,12-14H2,2H3/t15?,20-/m0/s1. The number of rotatable bonds is 4. The van der Waals surface area contributed by atoms with Gasteiger partial charge in [0.2, 0.25) is 5.91 Å². The van der Waals surface area contributed by atoms with Gasteiger partial charge in [0.25, 0.3) is 0 Å². The van der Waals surface area contributed by atoms with Crippen LogP contribution in [0, 0.1) is 0 Å². The van der Waals surface area contributed by atoms with Crippen molar-refractivity contribution in [3.8, 4) is 11.1 Å². The Morgan fingerprint density at radius 1 is 1.20 bits per heavy atom. The summed E-state index contributed by atoms with van der Waals surface area (Å²) in [5, 5.41) is 9.60. The minimum Gasteiger partial charge on any atom is -0.389 e. The molecular weight excluding hydrogens is 314 g/mol. The minimum absolute atomic E-state index is 0.0527. The van der Waals surface area contributed by atoms with Crippen molar-refractivity contribution in [1.82, 2.24) is 4.90 Å². The second-order valence-corrected chi connectivity index (χ2v) is 6.27. The second kappa shape index (κ2) is 7.64. The van der Waals surface area contributed by atoms with E-state index in [4.69, 9.17) is 4.74 Å². The van der Waals surface area contributed by atoms with E-state index in [0.717, 1.165) is 22.3 Å². The van der Waals surface area contributed by atoms with Gasteiger partial charge in [0.1, 0.15) is 6.10 Å². The van der Waals surface area contributed by atoms with Crippen LogP contribution in [0.1, 0.15) is 30.3 Å². The van der Waals surface area contributed by atoms with Gasteiger partial charge in [-0.1, -0.05) is 55.1 Å². The van der Waals surface area contributed by atoms with Crippen LogP contribution in [-0.2, 0) is 9.53 Å². The lowest BCUT2D eigenvalue weighted by Gasteiger charge is -2.32. The van der Waals surface area contributed by atoms with Crippen LogP contribution in [0.5, 0.6) is 0 Å². The fraction of sp³-hybridized carbons (Fsp3) is 0.286. The van der Waals surface area contributed by atoms with Gasteiger partial charge in [0, 0.05) is 6.54 Å². The number of hydrogen-bond donors (Lipinski definition) is 1. The summed E-state index contributed by atoms with van der Waals surface area (Å²) in [6.45, 7) is 7.00. The molecule has 4 heteroatoms. The lowest BCUT2D eigenvalue weighted by atomic mass is 9.99. The summed E-state index contributed by atoms with van der Waals surface area (Å²) in [5.41, 5.74) is 4.17. The molecule has 2 aromatic carbocycles. The van der Waals surface area contributed by atoms with Gasteiger partial charge in [0.05, 0.1) is 19.3 Å². The third kappa shape index (κ3) is 3.98. The minimum atomic E-state index is -0.457. The van der Waals surface area contributed by atoms with Crippen molar-refractivity contribution < 1.29 is 14.6 Å². The third-order valence-electron chi connectivity index (χ3n) is 4.56. The van der Waals surface area contributed by atoms with Gasteiger partial charge < -0.3 is 14.7 Å². The maximum absolute atomic E-state index is 11.8. The molecule has 0 spiro atoms. The molecule has 25 heavy (non-hydrogen) atoms. The van der Waals surface area contributed by atoms with Crippen molar-refractivity contribution in [1.29, 1.82) is 0 Å². The number of hydrogen-bond acceptors (Lipinski definition) is 3. The molecule has 2 atom stereocenters. The van der Waals surface area contributed by atoms with E-state index in [1.54, 1.807) is 11.8 Å². The lowest BCUT2D eigenvalue weighted by Crippen LogP contribution is -2.41. The number of carbonyl (C=O) groups is 1. The molecule has 0 radical (unpaired) electrons. The Labute approximate surface area is 148 Å². The van der Waals surface area contributed by atoms with Gasteiger partial charge in [-0.05, 0) is 35.3 Å². The number of carbonyl (C=O) groups excluding carboxylic acids is 1. The summed E-state index contributed by atoms with van der Waals surface area (Å²) >= 11 is 0. The predicted molar refractivity (Wildman–Crippen MR) is 98.0 cm³/mol. The fourth-order valence-electron chi connectivity index (χ4n) is 3.02. The molecule has 1 saturated heterocycles. The highest BCUT2D eigenvalue weighted by Crippen LogP contribution is 2.27. The zero-order valence-electron chi connectivity index (χ0n) is 14.4. The van der Waals surface area contributed by atoms with E-state index in [0.29, 0.717) is 19.7 Å². The van der Waals surface area contributed by atoms with Gasteiger partial charge >= 0.3 is 0 Å². The summed E-state index contributed by atoms with van der Waals surface area (Å²) in [7, 11) is 0. The number of nitrogens with zero attached hydrogens (tertiary/aromatic N) is 1. The highest BCUT2D eigenvalue weighted by Gasteiger charge is 2.24. The van der Waals surface area contributed by atoms with Crippen LogP contribution in [0.25, 0.3) is 11.1 Å². The number of amides is 1. The van der Waals surface area contributed by atoms with E-state index >= 15 is 0 Å². The Bertz CT molecular complexity index is 735. The van der Waals surface area contributed by atoms with Crippen LogP contribution in [0.2, 0.25) is 0 Å². The summed E-state index contributed by atoms with van der Waals surface area (Å²) in [4.78, 5) is 13.6. The number of aliphatic hydroxyl groups excluding tert-OH is 1. The monoisotopic (exact) mass is 337 g/mol. The number of ether oxygens (including phenoxy) is 1. The van der Waals surface area contributed by atoms with E-state index in [2.05, 4.69) is 18.7 Å². The molecule has 1 heterocycles. The van der Waals surface area contributed by atoms with Crippen molar-refractivity contribution in [2.75, 3.05) is 19.7 Å². The topological polar surface area (TPSA) is 49.8 Å². The highest BCUT2D eigenvalue weighted by atomic mass is 16.5. The molecule has 1 unspecified atom stereocenters. The average Bonchev–Trinajstić information content (AvgIpc) is 2.67. The van der Waals surface area contributed by atoms with Gasteiger partial charge in [-0.15, -0.1) is 0 Å². The normalized spacial score (nSPS) is 18.6. The molecule has 0 aromatic heterocycles. The largest absolute Gasteiger partial charge is 0.389 e. The first-order valence-corrected chi connectivity index (χ1v) is 8.50. The zero-order chi connectivity index (χ0) is 17.8. The third-order valence-corrected chi connectivity index (χ3v) is 4.56. The highest BCUT2D eigenvalue weighted by molar-refractivity contribution is 5.87. The van der Waals surface area contributed by atoms with Gasteiger partial charge in [-0.2, -0.15) is 0 Å². The van der Waals surface area contributed by atoms with E-state index < -0.39 is 6.10 Å². The Kier molecular flexibility index (Phi) is 5.31. The van der Waals surface area contributed by atoms with E-state index in [9.17, 15) is 9.90 Å². The maximum atomic E-state index is 11.8. The molecular formula is C21H23NO3. The molecule has 1 amide bonds. The van der Waals surface area contributed by atoms with E-state index in [-0.39, 0.29) is 12.0 Å². The van der Waals surface area contributed by atoms with Crippen LogP contribution < -0.4 is 0 Å². The summed E-state index contributed by atoms with van der Waals surface area (Å²) in [6, 6.07) is 16.1. The molecule has 4 nitrogen and oxygen atoms in total. The predicted octanol–water partition coefficient (Wildman–Crippen LogP) is 3.49. The second-order valence-electron chi connectivity index (χ2n) is 6.27. The Morgan fingerprint density at radius 2 is 1.80 bits per heavy atom. The average molecular weight is 337 g/mol. The molecule has 1 aliphatic heterocycles. The summed E-state index contributed by atoms with van der Waals surface area (Å²) in [6.07, 6.45) is 0.785. The molecule has 1 N–H and O–H groups in total.